The van der Waals surface area contributed by atoms with Crippen LogP contribution < -0.4 is 0 Å². The minimum absolute atomic E-state index is 0.654. The zero-order valence-electron chi connectivity index (χ0n) is 9.50. The van der Waals surface area contributed by atoms with Gasteiger partial charge in [0, 0.05) is 11.5 Å². The minimum Gasteiger partial charge on any atom is -0.143 e. The summed E-state index contributed by atoms with van der Waals surface area (Å²) in [6.45, 7) is 0. The Morgan fingerprint density at radius 3 is 2.53 bits per heavy atom. The van der Waals surface area contributed by atoms with E-state index in [0.29, 0.717) is 4.58 Å². The first-order chi connectivity index (χ1) is 8.42. The van der Waals surface area contributed by atoms with Crippen molar-refractivity contribution in [1.82, 2.24) is 0 Å². The number of hydrogen-bond donors (Lipinski definition) is 0. The summed E-state index contributed by atoms with van der Waals surface area (Å²) in [6, 6.07) is 15.2. The van der Waals surface area contributed by atoms with E-state index < -0.39 is 0 Å². The molecule has 2 heteroatoms. The van der Waals surface area contributed by atoms with Crippen LogP contribution in [0.15, 0.2) is 48.5 Å². The van der Waals surface area contributed by atoms with Crippen LogP contribution in [0.4, 0.5) is 0 Å². The van der Waals surface area contributed by atoms with Crippen molar-refractivity contribution in [2.45, 2.75) is 4.58 Å². The molecule has 0 aromatic heterocycles. The summed E-state index contributed by atoms with van der Waals surface area (Å²) in [4.78, 5) is 0. The van der Waals surface area contributed by atoms with Crippen molar-refractivity contribution in [2.75, 3.05) is 11.5 Å². The summed E-state index contributed by atoms with van der Waals surface area (Å²) in [7, 11) is 0. The zero-order valence-corrected chi connectivity index (χ0v) is 11.1. The fourth-order valence-corrected chi connectivity index (χ4v) is 4.56. The third-order valence-corrected chi connectivity index (χ3v) is 5.79. The van der Waals surface area contributed by atoms with Crippen molar-refractivity contribution in [1.29, 1.82) is 0 Å². The molecule has 3 rings (SSSR count). The van der Waals surface area contributed by atoms with Crippen LogP contribution in [0.3, 0.4) is 0 Å². The van der Waals surface area contributed by atoms with E-state index >= 15 is 0 Å². The average molecular weight is 258 g/mol. The molecule has 0 saturated carbocycles. The van der Waals surface area contributed by atoms with Gasteiger partial charge in [0.15, 0.2) is 0 Å². The van der Waals surface area contributed by atoms with E-state index in [-0.39, 0.29) is 0 Å². The Hall–Kier alpha value is -0.860. The first-order valence-electron chi connectivity index (χ1n) is 5.82. The molecule has 1 fully saturated rings. The van der Waals surface area contributed by atoms with Crippen LogP contribution in [0.2, 0.25) is 0 Å². The van der Waals surface area contributed by atoms with Gasteiger partial charge >= 0.3 is 0 Å². The fraction of sp³-hybridized carbons (Fsp3) is 0.200. The zero-order chi connectivity index (χ0) is 11.5. The Kier molecular flexibility index (Phi) is 3.44. The van der Waals surface area contributed by atoms with E-state index in [9.17, 15) is 0 Å². The molecule has 0 unspecified atom stereocenters. The number of benzene rings is 2. The lowest BCUT2D eigenvalue weighted by Crippen LogP contribution is -1.83. The lowest BCUT2D eigenvalue weighted by Gasteiger charge is -2.01. The predicted octanol–water partition coefficient (Wildman–Crippen LogP) is 4.66. The molecular formula is C15H14S2. The maximum absolute atomic E-state index is 2.33. The van der Waals surface area contributed by atoms with Gasteiger partial charge < -0.3 is 0 Å². The highest BCUT2D eigenvalue weighted by Gasteiger charge is 2.11. The number of thioether (sulfide) groups is 2. The third kappa shape index (κ3) is 2.70. The summed E-state index contributed by atoms with van der Waals surface area (Å²) in [5, 5.41) is 2.63. The van der Waals surface area contributed by atoms with Gasteiger partial charge in [-0.15, -0.1) is 23.5 Å². The Labute approximate surface area is 110 Å². The molecular weight excluding hydrogens is 244 g/mol. The van der Waals surface area contributed by atoms with Gasteiger partial charge in [-0.1, -0.05) is 48.6 Å². The summed E-state index contributed by atoms with van der Waals surface area (Å²) in [5.74, 6) is 2.58. The summed E-state index contributed by atoms with van der Waals surface area (Å²) >= 11 is 4.08. The van der Waals surface area contributed by atoms with Crippen molar-refractivity contribution >= 4 is 40.4 Å². The molecule has 0 amide bonds. The smallest absolute Gasteiger partial charge is 0.0686 e. The van der Waals surface area contributed by atoms with Crippen LogP contribution in [-0.4, -0.2) is 16.1 Å². The number of rotatable bonds is 2. The van der Waals surface area contributed by atoms with Crippen molar-refractivity contribution in [3.8, 4) is 0 Å². The second kappa shape index (κ2) is 5.19. The van der Waals surface area contributed by atoms with Gasteiger partial charge in [0.05, 0.1) is 4.58 Å². The maximum Gasteiger partial charge on any atom is 0.0686 e. The van der Waals surface area contributed by atoms with Crippen molar-refractivity contribution < 1.29 is 0 Å². The highest BCUT2D eigenvalue weighted by atomic mass is 32.2. The second-order valence-corrected chi connectivity index (χ2v) is 6.87. The molecule has 1 aliphatic heterocycles. The maximum atomic E-state index is 2.33. The topological polar surface area (TPSA) is 0 Å². The normalized spacial score (nSPS) is 17.2. The molecule has 1 saturated heterocycles. The molecule has 0 nitrogen and oxygen atoms in total. The van der Waals surface area contributed by atoms with Crippen molar-refractivity contribution in [2.24, 2.45) is 0 Å². The van der Waals surface area contributed by atoms with Crippen molar-refractivity contribution in [3.63, 3.8) is 0 Å². The first kappa shape index (κ1) is 11.2. The Morgan fingerprint density at radius 2 is 1.71 bits per heavy atom. The monoisotopic (exact) mass is 258 g/mol. The summed E-state index contributed by atoms with van der Waals surface area (Å²) in [5.41, 5.74) is 1.30. The van der Waals surface area contributed by atoms with Crippen LogP contribution in [0, 0.1) is 0 Å². The van der Waals surface area contributed by atoms with E-state index in [1.807, 2.05) is 23.5 Å². The lowest BCUT2D eigenvalue weighted by molar-refractivity contribution is 1.59. The molecule has 0 N–H and O–H groups in total. The van der Waals surface area contributed by atoms with Crippen LogP contribution in [0.5, 0.6) is 0 Å². The Balaban J connectivity index is 1.85. The van der Waals surface area contributed by atoms with Gasteiger partial charge in [0.1, 0.15) is 0 Å². The number of fused-ring (bicyclic) bond motifs is 1. The quantitative estimate of drug-likeness (QED) is 0.768. The predicted molar refractivity (Wildman–Crippen MR) is 81.7 cm³/mol. The van der Waals surface area contributed by atoms with E-state index in [4.69, 9.17) is 0 Å². The van der Waals surface area contributed by atoms with Gasteiger partial charge in [0.25, 0.3) is 0 Å². The van der Waals surface area contributed by atoms with Crippen LogP contribution in [-0.2, 0) is 0 Å². The van der Waals surface area contributed by atoms with Crippen molar-refractivity contribution in [3.05, 3.63) is 54.1 Å². The Bertz CT molecular complexity index is 539. The fourth-order valence-electron chi connectivity index (χ4n) is 1.99. The highest BCUT2D eigenvalue weighted by molar-refractivity contribution is 8.20. The van der Waals surface area contributed by atoms with Crippen LogP contribution in [0.1, 0.15) is 5.56 Å². The van der Waals surface area contributed by atoms with E-state index in [1.54, 1.807) is 0 Å². The standard InChI is InChI=1S/C15H14S2/c1-2-4-14-11-12(5-7-13(14)3-1)6-8-15-16-9-10-17-15/h1-8,11,15H,9-10H2/b8-6+. The third-order valence-electron chi connectivity index (χ3n) is 2.87. The molecule has 0 atom stereocenters. The van der Waals surface area contributed by atoms with E-state index in [2.05, 4.69) is 54.6 Å². The summed E-state index contributed by atoms with van der Waals surface area (Å²) in [6.07, 6.45) is 4.58. The minimum atomic E-state index is 0.654. The molecule has 17 heavy (non-hydrogen) atoms. The average Bonchev–Trinajstić information content (AvgIpc) is 2.89. The molecule has 0 radical (unpaired) electrons. The van der Waals surface area contributed by atoms with Crippen LogP contribution in [0.25, 0.3) is 16.8 Å². The molecule has 0 spiro atoms. The second-order valence-electron chi connectivity index (χ2n) is 4.08. The SMILES string of the molecule is C(=C\C1SCCS1)/c1ccc2ccccc2c1. The lowest BCUT2D eigenvalue weighted by atomic mass is 10.1. The number of hydrogen-bond acceptors (Lipinski definition) is 2. The van der Waals surface area contributed by atoms with Gasteiger partial charge in [-0.3, -0.25) is 0 Å². The van der Waals surface area contributed by atoms with Gasteiger partial charge in [0.2, 0.25) is 0 Å². The molecule has 1 heterocycles. The molecule has 86 valence electrons. The molecule has 2 aromatic rings. The van der Waals surface area contributed by atoms with Crippen LogP contribution >= 0.6 is 23.5 Å². The summed E-state index contributed by atoms with van der Waals surface area (Å²) < 4.78 is 0.654. The van der Waals surface area contributed by atoms with Gasteiger partial charge in [-0.05, 0) is 22.4 Å². The molecule has 0 aliphatic carbocycles. The largest absolute Gasteiger partial charge is 0.143 e. The van der Waals surface area contributed by atoms with E-state index in [0.717, 1.165) is 0 Å². The first-order valence-corrected chi connectivity index (χ1v) is 7.92. The highest BCUT2D eigenvalue weighted by Crippen LogP contribution is 2.33. The van der Waals surface area contributed by atoms with Gasteiger partial charge in [-0.25, -0.2) is 0 Å². The van der Waals surface area contributed by atoms with Gasteiger partial charge in [-0.2, -0.15) is 0 Å². The molecule has 1 aliphatic rings. The molecule has 0 bridgehead atoms. The Morgan fingerprint density at radius 1 is 0.941 bits per heavy atom. The molecule has 2 aromatic carbocycles. The van der Waals surface area contributed by atoms with E-state index in [1.165, 1.54) is 27.8 Å².